The normalized spacial score (nSPS) is 20.5. The van der Waals surface area contributed by atoms with Crippen LogP contribution in [0.1, 0.15) is 31.9 Å². The molecule has 2 saturated heterocycles. The van der Waals surface area contributed by atoms with Crippen molar-refractivity contribution in [3.63, 3.8) is 0 Å². The highest BCUT2D eigenvalue weighted by Gasteiger charge is 2.27. The number of piperazine rings is 1. The van der Waals surface area contributed by atoms with E-state index in [0.717, 1.165) is 86.4 Å². The number of nitrogens with zero attached hydrogens (tertiary/aromatic N) is 7. The number of carbonyl (C=O) groups excluding carboxylic acids is 1. The lowest BCUT2D eigenvalue weighted by atomic mass is 10.1. The topological polar surface area (TPSA) is 69.3 Å². The van der Waals surface area contributed by atoms with Gasteiger partial charge in [-0.3, -0.25) is 4.79 Å². The first-order valence-electron chi connectivity index (χ1n) is 12.9. The maximum atomic E-state index is 12.6. The van der Waals surface area contributed by atoms with Crippen molar-refractivity contribution in [3.05, 3.63) is 53.2 Å². The maximum Gasteiger partial charge on any atom is 0.286 e. The summed E-state index contributed by atoms with van der Waals surface area (Å²) in [6.07, 6.45) is 7.27. The summed E-state index contributed by atoms with van der Waals surface area (Å²) in [7, 11) is 0. The van der Waals surface area contributed by atoms with Crippen molar-refractivity contribution in [1.82, 2.24) is 24.4 Å². The summed E-state index contributed by atoms with van der Waals surface area (Å²) in [4.78, 5) is 29.2. The first-order chi connectivity index (χ1) is 17.7. The van der Waals surface area contributed by atoms with Gasteiger partial charge in [0.15, 0.2) is 10.8 Å². The van der Waals surface area contributed by atoms with Gasteiger partial charge >= 0.3 is 0 Å². The fraction of sp³-hybridized carbons (Fsp3) is 0.407. The van der Waals surface area contributed by atoms with Gasteiger partial charge in [0.2, 0.25) is 0 Å². The Morgan fingerprint density at radius 2 is 1.69 bits per heavy atom. The molecule has 1 aromatic carbocycles. The summed E-state index contributed by atoms with van der Waals surface area (Å²) in [6.45, 7) is 9.63. The lowest BCUT2D eigenvalue weighted by Gasteiger charge is -2.35. The summed E-state index contributed by atoms with van der Waals surface area (Å²) in [6, 6.07) is 12.5. The molecule has 1 amide bonds. The molecule has 2 fully saturated rings. The number of anilines is 1. The largest absolute Gasteiger partial charge is 0.369 e. The number of aliphatic imine (C=N–C) groups is 1. The van der Waals surface area contributed by atoms with Gasteiger partial charge in [0.25, 0.3) is 5.91 Å². The second kappa shape index (κ2) is 10.1. The molecule has 6 rings (SSSR count). The highest BCUT2D eigenvalue weighted by Crippen LogP contribution is 2.31. The number of amidine groups is 1. The molecule has 9 heteroatoms. The Balaban J connectivity index is 1.21. The van der Waals surface area contributed by atoms with Gasteiger partial charge in [-0.1, -0.05) is 19.1 Å². The van der Waals surface area contributed by atoms with E-state index in [1.165, 1.54) is 23.9 Å². The molecule has 186 valence electrons. The van der Waals surface area contributed by atoms with Crippen LogP contribution in [0.25, 0.3) is 23.0 Å². The molecule has 2 aromatic heterocycles. The van der Waals surface area contributed by atoms with Crippen molar-refractivity contribution in [2.24, 2.45) is 4.99 Å². The predicted octanol–water partition coefficient (Wildman–Crippen LogP) is 3.99. The molecule has 8 nitrogen and oxygen atoms in total. The number of likely N-dealkylation sites (N-methyl/N-ethyl adjacent to an activating group) is 1. The Morgan fingerprint density at radius 1 is 0.917 bits per heavy atom. The molecular weight excluding hydrogens is 470 g/mol. The van der Waals surface area contributed by atoms with E-state index in [4.69, 9.17) is 5.10 Å². The average Bonchev–Trinajstić information content (AvgIpc) is 3.52. The SMILES string of the molecule is CCN1CCN(c2ccc(-c3cnc4ccc(/C=C5\SC(N6CCCCC6)=NC5=O)nn34)cc2)CC1. The van der Waals surface area contributed by atoms with Gasteiger partial charge in [-0.15, -0.1) is 0 Å². The van der Waals surface area contributed by atoms with Gasteiger partial charge in [-0.25, -0.2) is 9.50 Å². The highest BCUT2D eigenvalue weighted by atomic mass is 32.2. The summed E-state index contributed by atoms with van der Waals surface area (Å²) < 4.78 is 1.86. The van der Waals surface area contributed by atoms with E-state index in [1.807, 2.05) is 28.9 Å². The van der Waals surface area contributed by atoms with Gasteiger partial charge in [-0.2, -0.15) is 10.1 Å². The third-order valence-corrected chi connectivity index (χ3v) is 8.29. The molecule has 0 bridgehead atoms. The lowest BCUT2D eigenvalue weighted by molar-refractivity contribution is -0.113. The van der Waals surface area contributed by atoms with Crippen molar-refractivity contribution < 1.29 is 4.79 Å². The van der Waals surface area contributed by atoms with Crippen molar-refractivity contribution >= 4 is 40.2 Å². The number of rotatable bonds is 4. The zero-order valence-electron chi connectivity index (χ0n) is 20.6. The average molecular weight is 502 g/mol. The molecule has 0 N–H and O–H groups in total. The number of hydrogen-bond donors (Lipinski definition) is 0. The number of carbonyl (C=O) groups is 1. The fourth-order valence-corrected chi connectivity index (χ4v) is 6.03. The van der Waals surface area contributed by atoms with Crippen molar-refractivity contribution in [2.75, 3.05) is 50.7 Å². The van der Waals surface area contributed by atoms with Crippen LogP contribution in [0.4, 0.5) is 5.69 Å². The van der Waals surface area contributed by atoms with Crippen LogP contribution in [0, 0.1) is 0 Å². The van der Waals surface area contributed by atoms with Crippen molar-refractivity contribution in [2.45, 2.75) is 26.2 Å². The van der Waals surface area contributed by atoms with Crippen LogP contribution in [0.5, 0.6) is 0 Å². The van der Waals surface area contributed by atoms with Crippen molar-refractivity contribution in [1.29, 1.82) is 0 Å². The third kappa shape index (κ3) is 4.65. The molecule has 0 spiro atoms. The van der Waals surface area contributed by atoms with Crippen LogP contribution in [0.3, 0.4) is 0 Å². The smallest absolute Gasteiger partial charge is 0.286 e. The van der Waals surface area contributed by atoms with E-state index in [9.17, 15) is 4.79 Å². The van der Waals surface area contributed by atoms with E-state index < -0.39 is 0 Å². The molecule has 3 aliphatic heterocycles. The molecule has 0 atom stereocenters. The van der Waals surface area contributed by atoms with E-state index >= 15 is 0 Å². The standard InChI is InChI=1S/C27H31N7OS/c1-2-31-14-16-32(17-15-31)22-9-6-20(7-10-22)23-19-28-25-11-8-21(30-34(23)25)18-24-26(35)29-27(36-24)33-12-4-3-5-13-33/h6-11,18-19H,2-5,12-17H2,1H3/b24-18-. The third-order valence-electron chi connectivity index (χ3n) is 7.25. The number of thioether (sulfide) groups is 1. The zero-order chi connectivity index (χ0) is 24.5. The number of likely N-dealkylation sites (tertiary alicyclic amines) is 1. The molecule has 0 saturated carbocycles. The number of imidazole rings is 1. The molecule has 0 aliphatic carbocycles. The first kappa shape index (κ1) is 23.2. The zero-order valence-corrected chi connectivity index (χ0v) is 21.5. The molecule has 3 aliphatic rings. The molecule has 5 heterocycles. The van der Waals surface area contributed by atoms with Crippen LogP contribution in [0.15, 0.2) is 52.5 Å². The summed E-state index contributed by atoms with van der Waals surface area (Å²) in [5.41, 5.74) is 4.75. The molecule has 36 heavy (non-hydrogen) atoms. The van der Waals surface area contributed by atoms with Gasteiger partial charge in [0.05, 0.1) is 22.5 Å². The Morgan fingerprint density at radius 3 is 2.44 bits per heavy atom. The number of fused-ring (bicyclic) bond motifs is 1. The van der Waals surface area contributed by atoms with Crippen LogP contribution < -0.4 is 4.90 Å². The number of aromatic nitrogens is 3. The van der Waals surface area contributed by atoms with Gasteiger partial charge < -0.3 is 14.7 Å². The molecule has 0 radical (unpaired) electrons. The monoisotopic (exact) mass is 501 g/mol. The fourth-order valence-electron chi connectivity index (χ4n) is 5.08. The second-order valence-corrected chi connectivity index (χ2v) is 10.5. The van der Waals surface area contributed by atoms with Crippen LogP contribution in [0.2, 0.25) is 0 Å². The Kier molecular flexibility index (Phi) is 6.50. The van der Waals surface area contributed by atoms with Crippen LogP contribution in [-0.4, -0.2) is 81.3 Å². The second-order valence-electron chi connectivity index (χ2n) is 9.50. The van der Waals surface area contributed by atoms with E-state index in [0.29, 0.717) is 4.91 Å². The lowest BCUT2D eigenvalue weighted by Crippen LogP contribution is -2.46. The predicted molar refractivity (Wildman–Crippen MR) is 146 cm³/mol. The van der Waals surface area contributed by atoms with E-state index in [1.54, 1.807) is 0 Å². The Hall–Kier alpha value is -3.17. The minimum absolute atomic E-state index is 0.177. The van der Waals surface area contributed by atoms with Gasteiger partial charge in [0, 0.05) is 50.5 Å². The number of amides is 1. The van der Waals surface area contributed by atoms with E-state index in [-0.39, 0.29) is 5.91 Å². The van der Waals surface area contributed by atoms with Crippen molar-refractivity contribution in [3.8, 4) is 11.3 Å². The minimum atomic E-state index is -0.177. The minimum Gasteiger partial charge on any atom is -0.369 e. The summed E-state index contributed by atoms with van der Waals surface area (Å²) in [5, 5.41) is 5.63. The van der Waals surface area contributed by atoms with Gasteiger partial charge in [0.1, 0.15) is 0 Å². The number of hydrogen-bond acceptors (Lipinski definition) is 7. The van der Waals surface area contributed by atoms with Gasteiger partial charge in [-0.05, 0) is 67.9 Å². The van der Waals surface area contributed by atoms with E-state index in [2.05, 4.69) is 55.9 Å². The highest BCUT2D eigenvalue weighted by molar-refractivity contribution is 8.18. The van der Waals surface area contributed by atoms with Crippen LogP contribution in [-0.2, 0) is 4.79 Å². The number of piperidine rings is 1. The quantitative estimate of drug-likeness (QED) is 0.501. The maximum absolute atomic E-state index is 12.6. The molecule has 3 aromatic rings. The van der Waals surface area contributed by atoms with Crippen LogP contribution >= 0.6 is 11.8 Å². The summed E-state index contributed by atoms with van der Waals surface area (Å²) in [5.74, 6) is -0.177. The Labute approximate surface area is 215 Å². The Bertz CT molecular complexity index is 1320. The number of benzene rings is 1. The molecular formula is C27H31N7OS. The summed E-state index contributed by atoms with van der Waals surface area (Å²) >= 11 is 1.46. The molecule has 0 unspecified atom stereocenters. The first-order valence-corrected chi connectivity index (χ1v) is 13.7.